The third-order valence-corrected chi connectivity index (χ3v) is 4.14. The molecule has 0 aliphatic rings. The Morgan fingerprint density at radius 3 is 2.45 bits per heavy atom. The Morgan fingerprint density at radius 1 is 1.10 bits per heavy atom. The molecule has 152 valence electrons. The molecule has 29 heavy (non-hydrogen) atoms. The lowest BCUT2D eigenvalue weighted by Crippen LogP contribution is -2.30. The van der Waals surface area contributed by atoms with Crippen LogP contribution in [-0.4, -0.2) is 36.9 Å². The van der Waals surface area contributed by atoms with Gasteiger partial charge in [-0.05, 0) is 24.6 Å². The Morgan fingerprint density at radius 2 is 1.79 bits per heavy atom. The van der Waals surface area contributed by atoms with Gasteiger partial charge in [0.15, 0.2) is 0 Å². The van der Waals surface area contributed by atoms with Crippen LogP contribution in [0.15, 0.2) is 53.1 Å². The van der Waals surface area contributed by atoms with E-state index in [9.17, 15) is 4.79 Å². The Balaban J connectivity index is 1.57. The van der Waals surface area contributed by atoms with Crippen molar-refractivity contribution >= 4 is 5.91 Å². The van der Waals surface area contributed by atoms with E-state index in [4.69, 9.17) is 18.7 Å². The summed E-state index contributed by atoms with van der Waals surface area (Å²) in [5.74, 6) is 1.62. The van der Waals surface area contributed by atoms with Crippen LogP contribution in [0.25, 0.3) is 11.4 Å². The average Bonchev–Trinajstić information content (AvgIpc) is 3.24. The number of aromatic nitrogens is 2. The van der Waals surface area contributed by atoms with Crippen molar-refractivity contribution in [2.45, 2.75) is 19.6 Å². The van der Waals surface area contributed by atoms with Crippen LogP contribution in [0.2, 0.25) is 0 Å². The molecular formula is C21H23N3O5. The molecular weight excluding hydrogens is 374 g/mol. The topological polar surface area (TPSA) is 95.7 Å². The summed E-state index contributed by atoms with van der Waals surface area (Å²) in [6, 6.07) is 14.5. The van der Waals surface area contributed by atoms with E-state index < -0.39 is 6.04 Å². The predicted octanol–water partition coefficient (Wildman–Crippen LogP) is 3.15. The number of nitrogens with one attached hydrogen (secondary N) is 1. The fourth-order valence-electron chi connectivity index (χ4n) is 2.65. The van der Waals surface area contributed by atoms with Crippen LogP contribution < -0.4 is 14.8 Å². The Bertz CT molecular complexity index is 920. The summed E-state index contributed by atoms with van der Waals surface area (Å²) in [6.45, 7) is 2.07. The van der Waals surface area contributed by atoms with Gasteiger partial charge in [-0.3, -0.25) is 4.79 Å². The monoisotopic (exact) mass is 397 g/mol. The molecule has 0 saturated carbocycles. The van der Waals surface area contributed by atoms with Gasteiger partial charge in [-0.2, -0.15) is 4.98 Å². The summed E-state index contributed by atoms with van der Waals surface area (Å²) >= 11 is 0. The molecule has 0 aliphatic heterocycles. The normalized spacial score (nSPS) is 11.7. The molecule has 8 heteroatoms. The van der Waals surface area contributed by atoms with Gasteiger partial charge in [-0.15, -0.1) is 0 Å². The smallest absolute Gasteiger partial charge is 0.249 e. The molecule has 8 nitrogen and oxygen atoms in total. The SMILES string of the molecule is COc1cc(OC)cc(-c2noc(C(C)NC(=O)COCc3ccccc3)n2)c1. The highest BCUT2D eigenvalue weighted by molar-refractivity contribution is 5.77. The number of benzene rings is 2. The van der Waals surface area contributed by atoms with E-state index >= 15 is 0 Å². The van der Waals surface area contributed by atoms with Crippen LogP contribution >= 0.6 is 0 Å². The van der Waals surface area contributed by atoms with Gasteiger partial charge in [0.1, 0.15) is 24.1 Å². The van der Waals surface area contributed by atoms with Gasteiger partial charge in [0, 0.05) is 11.6 Å². The van der Waals surface area contributed by atoms with E-state index in [2.05, 4.69) is 15.5 Å². The van der Waals surface area contributed by atoms with Crippen LogP contribution in [0.1, 0.15) is 24.4 Å². The third-order valence-electron chi connectivity index (χ3n) is 4.14. The molecule has 0 aliphatic carbocycles. The number of nitrogens with zero attached hydrogens (tertiary/aromatic N) is 2. The highest BCUT2D eigenvalue weighted by Gasteiger charge is 2.18. The lowest BCUT2D eigenvalue weighted by molar-refractivity contribution is -0.126. The second-order valence-electron chi connectivity index (χ2n) is 6.33. The zero-order valence-electron chi connectivity index (χ0n) is 16.5. The summed E-state index contributed by atoms with van der Waals surface area (Å²) < 4.78 is 21.3. The van der Waals surface area contributed by atoms with E-state index in [-0.39, 0.29) is 18.4 Å². The molecule has 3 aromatic rings. The minimum absolute atomic E-state index is 0.0622. The molecule has 1 unspecified atom stereocenters. The highest BCUT2D eigenvalue weighted by Crippen LogP contribution is 2.28. The molecule has 0 bridgehead atoms. The van der Waals surface area contributed by atoms with Gasteiger partial charge in [0.05, 0.1) is 20.8 Å². The summed E-state index contributed by atoms with van der Waals surface area (Å²) in [5.41, 5.74) is 1.68. The molecule has 0 spiro atoms. The van der Waals surface area contributed by atoms with Gasteiger partial charge < -0.3 is 24.1 Å². The fraction of sp³-hybridized carbons (Fsp3) is 0.286. The van der Waals surface area contributed by atoms with E-state index in [1.807, 2.05) is 30.3 Å². The number of amides is 1. The van der Waals surface area contributed by atoms with Crippen molar-refractivity contribution in [3.05, 3.63) is 60.0 Å². The molecule has 0 fully saturated rings. The van der Waals surface area contributed by atoms with Crippen molar-refractivity contribution in [3.63, 3.8) is 0 Å². The Kier molecular flexibility index (Phi) is 6.80. The van der Waals surface area contributed by atoms with Crippen molar-refractivity contribution in [2.24, 2.45) is 0 Å². The second-order valence-corrected chi connectivity index (χ2v) is 6.33. The fourth-order valence-corrected chi connectivity index (χ4v) is 2.65. The standard InChI is InChI=1S/C21H23N3O5/c1-14(22-19(25)13-28-12-15-7-5-4-6-8-15)21-23-20(24-29-21)16-9-17(26-2)11-18(10-16)27-3/h4-11,14H,12-13H2,1-3H3,(H,22,25). The zero-order chi connectivity index (χ0) is 20.6. The second kappa shape index (κ2) is 9.70. The number of rotatable bonds is 9. The van der Waals surface area contributed by atoms with Crippen molar-refractivity contribution < 1.29 is 23.5 Å². The lowest BCUT2D eigenvalue weighted by Gasteiger charge is -2.10. The molecule has 1 heterocycles. The van der Waals surface area contributed by atoms with E-state index in [1.165, 1.54) is 0 Å². The predicted molar refractivity (Wildman–Crippen MR) is 105 cm³/mol. The van der Waals surface area contributed by atoms with Crippen LogP contribution in [-0.2, 0) is 16.1 Å². The Hall–Kier alpha value is -3.39. The van der Waals surface area contributed by atoms with Crippen molar-refractivity contribution in [2.75, 3.05) is 20.8 Å². The lowest BCUT2D eigenvalue weighted by atomic mass is 10.2. The number of hydrogen-bond acceptors (Lipinski definition) is 7. The van der Waals surface area contributed by atoms with Gasteiger partial charge in [0.25, 0.3) is 0 Å². The first kappa shape index (κ1) is 20.3. The van der Waals surface area contributed by atoms with E-state index in [1.54, 1.807) is 39.3 Å². The summed E-state index contributed by atoms with van der Waals surface area (Å²) in [4.78, 5) is 16.5. The zero-order valence-corrected chi connectivity index (χ0v) is 16.5. The third kappa shape index (κ3) is 5.55. The number of carbonyl (C=O) groups is 1. The van der Waals surface area contributed by atoms with Crippen molar-refractivity contribution in [1.82, 2.24) is 15.5 Å². The van der Waals surface area contributed by atoms with Crippen LogP contribution in [0.4, 0.5) is 0 Å². The van der Waals surface area contributed by atoms with Gasteiger partial charge in [-0.25, -0.2) is 0 Å². The van der Waals surface area contributed by atoms with Crippen LogP contribution in [0.3, 0.4) is 0 Å². The minimum atomic E-state index is -0.462. The van der Waals surface area contributed by atoms with E-state index in [0.717, 1.165) is 5.56 Å². The highest BCUT2D eigenvalue weighted by atomic mass is 16.5. The number of methoxy groups -OCH3 is 2. The van der Waals surface area contributed by atoms with Gasteiger partial charge in [-0.1, -0.05) is 35.5 Å². The largest absolute Gasteiger partial charge is 0.497 e. The number of ether oxygens (including phenoxy) is 3. The first-order chi connectivity index (χ1) is 14.1. The molecule has 1 amide bonds. The molecule has 1 atom stereocenters. The summed E-state index contributed by atoms with van der Waals surface area (Å²) in [5, 5.41) is 6.77. The van der Waals surface area contributed by atoms with Crippen molar-refractivity contribution in [3.8, 4) is 22.9 Å². The molecule has 1 N–H and O–H groups in total. The van der Waals surface area contributed by atoms with E-state index in [0.29, 0.717) is 29.5 Å². The number of carbonyl (C=O) groups excluding carboxylic acids is 1. The maximum absolute atomic E-state index is 12.1. The van der Waals surface area contributed by atoms with Crippen LogP contribution in [0, 0.1) is 0 Å². The average molecular weight is 397 g/mol. The molecule has 0 saturated heterocycles. The molecule has 2 aromatic carbocycles. The maximum Gasteiger partial charge on any atom is 0.249 e. The molecule has 0 radical (unpaired) electrons. The minimum Gasteiger partial charge on any atom is -0.497 e. The summed E-state index contributed by atoms with van der Waals surface area (Å²) in [6.07, 6.45) is 0. The van der Waals surface area contributed by atoms with Gasteiger partial charge in [0.2, 0.25) is 17.6 Å². The quantitative estimate of drug-likeness (QED) is 0.592. The van der Waals surface area contributed by atoms with Crippen molar-refractivity contribution in [1.29, 1.82) is 0 Å². The summed E-state index contributed by atoms with van der Waals surface area (Å²) in [7, 11) is 3.13. The number of hydrogen-bond donors (Lipinski definition) is 1. The van der Waals surface area contributed by atoms with Crippen LogP contribution in [0.5, 0.6) is 11.5 Å². The van der Waals surface area contributed by atoms with Gasteiger partial charge >= 0.3 is 0 Å². The first-order valence-corrected chi connectivity index (χ1v) is 9.07. The maximum atomic E-state index is 12.1. The molecule has 3 rings (SSSR count). The Labute approximate surface area is 168 Å². The first-order valence-electron chi connectivity index (χ1n) is 9.07. The molecule has 1 aromatic heterocycles.